The lowest BCUT2D eigenvalue weighted by Gasteiger charge is -2.11. The van der Waals surface area contributed by atoms with Crippen LogP contribution in [0.15, 0.2) is 35.7 Å². The predicted molar refractivity (Wildman–Crippen MR) is 77.0 cm³/mol. The summed E-state index contributed by atoms with van der Waals surface area (Å²) in [7, 11) is 0. The topological polar surface area (TPSA) is 21.3 Å². The first kappa shape index (κ1) is 14.0. The van der Waals surface area contributed by atoms with E-state index in [0.717, 1.165) is 29.2 Å². The normalized spacial score (nSPS) is 10.6. The lowest BCUT2D eigenvalue weighted by molar-refractivity contribution is 0.305. The highest BCUT2D eigenvalue weighted by atomic mass is 32.1. The molecule has 1 heterocycles. The molecule has 2 aromatic rings. The lowest BCUT2D eigenvalue weighted by Crippen LogP contribution is -2.14. The number of halogens is 1. The molecule has 2 nitrogen and oxygen atoms in total. The molecule has 0 unspecified atom stereocenters. The Hall–Kier alpha value is -1.39. The average Bonchev–Trinajstić information content (AvgIpc) is 2.91. The molecule has 1 N–H and O–H groups in total. The minimum absolute atomic E-state index is 0.225. The highest BCUT2D eigenvalue weighted by molar-refractivity contribution is 7.09. The van der Waals surface area contributed by atoms with Gasteiger partial charge in [-0.1, -0.05) is 13.0 Å². The zero-order valence-corrected chi connectivity index (χ0v) is 11.8. The van der Waals surface area contributed by atoms with Crippen molar-refractivity contribution in [2.45, 2.75) is 26.5 Å². The van der Waals surface area contributed by atoms with Gasteiger partial charge in [0.05, 0.1) is 0 Å². The molecule has 19 heavy (non-hydrogen) atoms. The molecule has 102 valence electrons. The number of hydrogen-bond acceptors (Lipinski definition) is 3. The molecule has 4 heteroatoms. The van der Waals surface area contributed by atoms with Crippen LogP contribution in [0.3, 0.4) is 0 Å². The Labute approximate surface area is 117 Å². The number of nitrogens with one attached hydrogen (secondary N) is 1. The van der Waals surface area contributed by atoms with Crippen LogP contribution in [0, 0.1) is 5.82 Å². The van der Waals surface area contributed by atoms with Crippen molar-refractivity contribution in [1.29, 1.82) is 0 Å². The third kappa shape index (κ3) is 4.33. The molecule has 0 aliphatic carbocycles. The zero-order chi connectivity index (χ0) is 13.5. The monoisotopic (exact) mass is 279 g/mol. The van der Waals surface area contributed by atoms with Gasteiger partial charge in [-0.15, -0.1) is 11.3 Å². The van der Waals surface area contributed by atoms with Crippen molar-refractivity contribution >= 4 is 11.3 Å². The Morgan fingerprint density at radius 3 is 2.95 bits per heavy atom. The average molecular weight is 279 g/mol. The summed E-state index contributed by atoms with van der Waals surface area (Å²) < 4.78 is 19.1. The van der Waals surface area contributed by atoms with Crippen molar-refractivity contribution in [1.82, 2.24) is 5.32 Å². The molecule has 0 saturated heterocycles. The van der Waals surface area contributed by atoms with Gasteiger partial charge in [0.1, 0.15) is 18.2 Å². The Balaban J connectivity index is 2.01. The molecular weight excluding hydrogens is 261 g/mol. The SMILES string of the molecule is CCCNCc1cc(F)ccc1OCc1cccs1. The minimum Gasteiger partial charge on any atom is -0.488 e. The van der Waals surface area contributed by atoms with Crippen LogP contribution >= 0.6 is 11.3 Å². The summed E-state index contributed by atoms with van der Waals surface area (Å²) in [6, 6.07) is 8.70. The number of hydrogen-bond donors (Lipinski definition) is 1. The van der Waals surface area contributed by atoms with E-state index in [-0.39, 0.29) is 5.82 Å². The van der Waals surface area contributed by atoms with Gasteiger partial charge < -0.3 is 10.1 Å². The lowest BCUT2D eigenvalue weighted by atomic mass is 10.2. The van der Waals surface area contributed by atoms with Crippen LogP contribution in [0.25, 0.3) is 0 Å². The number of ether oxygens (including phenoxy) is 1. The van der Waals surface area contributed by atoms with Crippen LogP contribution in [0.2, 0.25) is 0 Å². The molecule has 0 fully saturated rings. The fourth-order valence-corrected chi connectivity index (χ4v) is 2.39. The number of benzene rings is 1. The predicted octanol–water partition coefficient (Wildman–Crippen LogP) is 3.97. The highest BCUT2D eigenvalue weighted by Crippen LogP contribution is 2.22. The van der Waals surface area contributed by atoms with E-state index in [4.69, 9.17) is 4.74 Å². The second-order valence-corrected chi connectivity index (χ2v) is 5.33. The number of rotatable bonds is 7. The van der Waals surface area contributed by atoms with Gasteiger partial charge >= 0.3 is 0 Å². The first-order chi connectivity index (χ1) is 9.29. The van der Waals surface area contributed by atoms with Gasteiger partial charge in [-0.05, 0) is 42.6 Å². The fraction of sp³-hybridized carbons (Fsp3) is 0.333. The molecule has 0 saturated carbocycles. The third-order valence-electron chi connectivity index (χ3n) is 2.71. The maximum absolute atomic E-state index is 13.3. The molecule has 0 amide bonds. The standard InChI is InChI=1S/C15H18FNOS/c1-2-7-17-10-12-9-13(16)5-6-15(12)18-11-14-4-3-8-19-14/h3-6,8-9,17H,2,7,10-11H2,1H3. The first-order valence-corrected chi connectivity index (χ1v) is 7.32. The summed E-state index contributed by atoms with van der Waals surface area (Å²) in [5, 5.41) is 5.29. The summed E-state index contributed by atoms with van der Waals surface area (Å²) in [6.07, 6.45) is 1.06. The van der Waals surface area contributed by atoms with E-state index < -0.39 is 0 Å². The fourth-order valence-electron chi connectivity index (χ4n) is 1.77. The van der Waals surface area contributed by atoms with E-state index >= 15 is 0 Å². The van der Waals surface area contributed by atoms with Crippen LogP contribution in [-0.2, 0) is 13.2 Å². The first-order valence-electron chi connectivity index (χ1n) is 6.44. The van der Waals surface area contributed by atoms with E-state index in [1.807, 2.05) is 17.5 Å². The summed E-state index contributed by atoms with van der Waals surface area (Å²) in [4.78, 5) is 1.16. The van der Waals surface area contributed by atoms with E-state index in [9.17, 15) is 4.39 Å². The van der Waals surface area contributed by atoms with Crippen molar-refractivity contribution < 1.29 is 9.13 Å². The molecule has 0 atom stereocenters. The largest absolute Gasteiger partial charge is 0.488 e. The van der Waals surface area contributed by atoms with Crippen LogP contribution in [0.4, 0.5) is 4.39 Å². The van der Waals surface area contributed by atoms with Gasteiger partial charge in [0, 0.05) is 17.0 Å². The van der Waals surface area contributed by atoms with Crippen molar-refractivity contribution in [2.24, 2.45) is 0 Å². The summed E-state index contributed by atoms with van der Waals surface area (Å²) in [5.74, 6) is 0.523. The van der Waals surface area contributed by atoms with Crippen LogP contribution in [-0.4, -0.2) is 6.54 Å². The summed E-state index contributed by atoms with van der Waals surface area (Å²) in [5.41, 5.74) is 0.866. The van der Waals surface area contributed by atoms with E-state index in [1.54, 1.807) is 17.4 Å². The van der Waals surface area contributed by atoms with Gasteiger partial charge in [0.25, 0.3) is 0 Å². The van der Waals surface area contributed by atoms with Crippen molar-refractivity contribution in [3.8, 4) is 5.75 Å². The molecule has 2 rings (SSSR count). The van der Waals surface area contributed by atoms with Crippen LogP contribution in [0.5, 0.6) is 5.75 Å². The molecule has 0 bridgehead atoms. The highest BCUT2D eigenvalue weighted by Gasteiger charge is 2.06. The van der Waals surface area contributed by atoms with Gasteiger partial charge in [-0.3, -0.25) is 0 Å². The van der Waals surface area contributed by atoms with Crippen molar-refractivity contribution in [3.05, 3.63) is 52.0 Å². The Morgan fingerprint density at radius 2 is 2.21 bits per heavy atom. The van der Waals surface area contributed by atoms with Crippen molar-refractivity contribution in [3.63, 3.8) is 0 Å². The molecular formula is C15H18FNOS. The van der Waals surface area contributed by atoms with Crippen LogP contribution < -0.4 is 10.1 Å². The molecule has 0 radical (unpaired) electrons. The van der Waals surface area contributed by atoms with Gasteiger partial charge in [0.2, 0.25) is 0 Å². The molecule has 1 aromatic carbocycles. The van der Waals surface area contributed by atoms with Gasteiger partial charge in [-0.25, -0.2) is 4.39 Å². The summed E-state index contributed by atoms with van der Waals surface area (Å²) >= 11 is 1.66. The Bertz CT molecular complexity index is 499. The van der Waals surface area contributed by atoms with Crippen LogP contribution in [0.1, 0.15) is 23.8 Å². The zero-order valence-electron chi connectivity index (χ0n) is 11.0. The Morgan fingerprint density at radius 1 is 1.32 bits per heavy atom. The number of thiophene rings is 1. The smallest absolute Gasteiger partial charge is 0.124 e. The maximum atomic E-state index is 13.3. The molecule has 0 aliphatic rings. The molecule has 0 spiro atoms. The maximum Gasteiger partial charge on any atom is 0.124 e. The van der Waals surface area contributed by atoms with E-state index in [1.165, 1.54) is 12.1 Å². The third-order valence-corrected chi connectivity index (χ3v) is 3.56. The second kappa shape index (κ2) is 7.26. The Kier molecular flexibility index (Phi) is 5.36. The van der Waals surface area contributed by atoms with Gasteiger partial charge in [0.15, 0.2) is 0 Å². The second-order valence-electron chi connectivity index (χ2n) is 4.30. The quantitative estimate of drug-likeness (QED) is 0.774. The van der Waals surface area contributed by atoms with E-state index in [0.29, 0.717) is 13.2 Å². The van der Waals surface area contributed by atoms with E-state index in [2.05, 4.69) is 12.2 Å². The minimum atomic E-state index is -0.225. The molecule has 1 aromatic heterocycles. The molecule has 0 aliphatic heterocycles. The van der Waals surface area contributed by atoms with Gasteiger partial charge in [-0.2, -0.15) is 0 Å². The van der Waals surface area contributed by atoms with Crippen molar-refractivity contribution in [2.75, 3.05) is 6.54 Å². The summed E-state index contributed by atoms with van der Waals surface area (Å²) in [6.45, 7) is 4.18.